The molecule has 1 saturated heterocycles. The van der Waals surface area contributed by atoms with Crippen molar-refractivity contribution >= 4 is 45.2 Å². The number of thiophene rings is 1. The number of amides is 1. The van der Waals surface area contributed by atoms with Crippen LogP contribution >= 0.6 is 11.3 Å². The minimum Gasteiger partial charge on any atom is -0.507 e. The summed E-state index contributed by atoms with van der Waals surface area (Å²) in [5.41, 5.74) is 0.890. The molecule has 1 amide bonds. The van der Waals surface area contributed by atoms with Crippen LogP contribution in [0.1, 0.15) is 16.5 Å². The monoisotopic (exact) mass is 471 g/mol. The molecular weight excluding hydrogens is 450 g/mol. The molecule has 4 aromatic rings. The predicted octanol–water partition coefficient (Wildman–Crippen LogP) is 5.54. The third kappa shape index (κ3) is 3.41. The van der Waals surface area contributed by atoms with Crippen molar-refractivity contribution in [1.82, 2.24) is 0 Å². The van der Waals surface area contributed by atoms with Crippen LogP contribution in [0.5, 0.6) is 11.5 Å². The third-order valence-corrected chi connectivity index (χ3v) is 6.87. The number of Topliss-reactive ketones (excluding diaryl/α,β-unsaturated/α-hetero) is 1. The van der Waals surface area contributed by atoms with Crippen LogP contribution < -0.4 is 14.4 Å². The van der Waals surface area contributed by atoms with Crippen LogP contribution in [0.2, 0.25) is 0 Å². The van der Waals surface area contributed by atoms with Gasteiger partial charge >= 0.3 is 0 Å². The van der Waals surface area contributed by atoms with Crippen molar-refractivity contribution in [2.75, 3.05) is 19.1 Å². The fourth-order valence-corrected chi connectivity index (χ4v) is 5.18. The summed E-state index contributed by atoms with van der Waals surface area (Å²) in [6.45, 7) is 0. The largest absolute Gasteiger partial charge is 0.507 e. The number of hydrogen-bond donors (Lipinski definition) is 1. The van der Waals surface area contributed by atoms with E-state index in [2.05, 4.69) is 0 Å². The number of carbonyl (C=O) groups excluding carboxylic acids is 2. The summed E-state index contributed by atoms with van der Waals surface area (Å²) in [7, 11) is 2.99. The molecule has 1 fully saturated rings. The maximum Gasteiger partial charge on any atom is 0.300 e. The Labute approximate surface area is 200 Å². The molecule has 1 atom stereocenters. The van der Waals surface area contributed by atoms with Crippen LogP contribution in [-0.4, -0.2) is 31.0 Å². The Kier molecular flexibility index (Phi) is 5.55. The predicted molar refractivity (Wildman–Crippen MR) is 133 cm³/mol. The number of fused-ring (bicyclic) bond motifs is 1. The minimum atomic E-state index is -0.790. The minimum absolute atomic E-state index is 0.00642. The van der Waals surface area contributed by atoms with E-state index in [0.29, 0.717) is 17.2 Å². The first-order valence-corrected chi connectivity index (χ1v) is 11.5. The van der Waals surface area contributed by atoms with E-state index in [-0.39, 0.29) is 16.9 Å². The molecule has 0 radical (unpaired) electrons. The highest BCUT2D eigenvalue weighted by atomic mass is 32.1. The van der Waals surface area contributed by atoms with Gasteiger partial charge in [0.05, 0.1) is 31.0 Å². The molecule has 34 heavy (non-hydrogen) atoms. The highest BCUT2D eigenvalue weighted by Gasteiger charge is 2.48. The Morgan fingerprint density at radius 3 is 2.47 bits per heavy atom. The normalized spacial score (nSPS) is 17.4. The average molecular weight is 472 g/mol. The Morgan fingerprint density at radius 1 is 0.941 bits per heavy atom. The molecule has 5 rings (SSSR count). The second kappa shape index (κ2) is 8.68. The molecule has 7 heteroatoms. The topological polar surface area (TPSA) is 76.1 Å². The number of anilines is 1. The molecule has 1 N–H and O–H groups in total. The third-order valence-electron chi connectivity index (χ3n) is 5.95. The molecule has 2 heterocycles. The van der Waals surface area contributed by atoms with Gasteiger partial charge in [0.25, 0.3) is 11.7 Å². The van der Waals surface area contributed by atoms with E-state index in [0.717, 1.165) is 15.6 Å². The van der Waals surface area contributed by atoms with Gasteiger partial charge in [0.15, 0.2) is 0 Å². The molecule has 3 aromatic carbocycles. The van der Waals surface area contributed by atoms with Crippen LogP contribution in [0.4, 0.5) is 5.69 Å². The van der Waals surface area contributed by atoms with Crippen molar-refractivity contribution in [3.05, 3.63) is 94.2 Å². The van der Waals surface area contributed by atoms with Crippen LogP contribution in [0.25, 0.3) is 16.5 Å². The Hall–Kier alpha value is -4.10. The Bertz CT molecular complexity index is 1440. The smallest absolute Gasteiger partial charge is 0.300 e. The number of nitrogens with zero attached hydrogens (tertiary/aromatic N) is 1. The van der Waals surface area contributed by atoms with Gasteiger partial charge in [-0.15, -0.1) is 11.3 Å². The number of methoxy groups -OCH3 is 2. The lowest BCUT2D eigenvalue weighted by Crippen LogP contribution is -2.29. The van der Waals surface area contributed by atoms with Crippen LogP contribution in [0, 0.1) is 0 Å². The quantitative estimate of drug-likeness (QED) is 0.235. The number of hydrogen-bond acceptors (Lipinski definition) is 6. The molecule has 1 aliphatic rings. The maximum atomic E-state index is 13.5. The summed E-state index contributed by atoms with van der Waals surface area (Å²) in [5.74, 6) is -0.917. The van der Waals surface area contributed by atoms with Crippen LogP contribution in [0.15, 0.2) is 83.7 Å². The summed E-state index contributed by atoms with van der Waals surface area (Å²) < 4.78 is 10.7. The van der Waals surface area contributed by atoms with Crippen molar-refractivity contribution in [1.29, 1.82) is 0 Å². The molecule has 0 bridgehead atoms. The van der Waals surface area contributed by atoms with Gasteiger partial charge in [-0.2, -0.15) is 0 Å². The van der Waals surface area contributed by atoms with Crippen molar-refractivity contribution in [3.8, 4) is 11.5 Å². The molecule has 1 aliphatic heterocycles. The lowest BCUT2D eigenvalue weighted by Gasteiger charge is -2.25. The second-order valence-electron chi connectivity index (χ2n) is 7.75. The van der Waals surface area contributed by atoms with Crippen LogP contribution in [-0.2, 0) is 9.59 Å². The number of benzene rings is 3. The molecule has 0 saturated carbocycles. The standard InChI is InChI=1S/C27H21NO5S/c1-32-17-12-13-21(33-2)19(15-17)25(29)23-24(22-11-6-14-34-22)28(27(31)26(23)30)20-10-5-8-16-7-3-4-9-18(16)20/h3-15,24,29H,1-2H3/b25-23-. The Balaban J connectivity index is 1.78. The van der Waals surface area contributed by atoms with Crippen molar-refractivity contribution in [3.63, 3.8) is 0 Å². The fraction of sp³-hybridized carbons (Fsp3) is 0.111. The van der Waals surface area contributed by atoms with Crippen LogP contribution in [0.3, 0.4) is 0 Å². The summed E-state index contributed by atoms with van der Waals surface area (Å²) in [5, 5.41) is 15.1. The molecule has 1 unspecified atom stereocenters. The highest BCUT2D eigenvalue weighted by Crippen LogP contribution is 2.46. The molecule has 170 valence electrons. The van der Waals surface area contributed by atoms with E-state index in [1.165, 1.54) is 30.5 Å². The van der Waals surface area contributed by atoms with Crippen molar-refractivity contribution in [2.24, 2.45) is 0 Å². The first-order valence-electron chi connectivity index (χ1n) is 10.6. The first-order chi connectivity index (χ1) is 16.5. The highest BCUT2D eigenvalue weighted by molar-refractivity contribution is 7.10. The van der Waals surface area contributed by atoms with Gasteiger partial charge in [-0.05, 0) is 41.1 Å². The lowest BCUT2D eigenvalue weighted by atomic mass is 9.98. The van der Waals surface area contributed by atoms with E-state index in [9.17, 15) is 14.7 Å². The molecule has 0 aliphatic carbocycles. The number of aliphatic hydroxyl groups is 1. The van der Waals surface area contributed by atoms with Crippen molar-refractivity contribution < 1.29 is 24.2 Å². The van der Waals surface area contributed by atoms with Gasteiger partial charge < -0.3 is 14.6 Å². The number of ketones is 1. The van der Waals surface area contributed by atoms with Crippen molar-refractivity contribution in [2.45, 2.75) is 6.04 Å². The number of ether oxygens (including phenoxy) is 2. The lowest BCUT2D eigenvalue weighted by molar-refractivity contribution is -0.132. The first kappa shape index (κ1) is 21.7. The zero-order valence-electron chi connectivity index (χ0n) is 18.5. The second-order valence-corrected chi connectivity index (χ2v) is 8.73. The molecule has 0 spiro atoms. The summed E-state index contributed by atoms with van der Waals surface area (Å²) in [6, 6.07) is 21.2. The Morgan fingerprint density at radius 2 is 1.74 bits per heavy atom. The van der Waals surface area contributed by atoms with E-state index in [1.54, 1.807) is 18.2 Å². The molecular formula is C27H21NO5S. The fourth-order valence-electron chi connectivity index (χ4n) is 4.36. The van der Waals surface area contributed by atoms with Gasteiger partial charge in [-0.3, -0.25) is 14.5 Å². The number of rotatable bonds is 5. The average Bonchev–Trinajstić information content (AvgIpc) is 3.49. The van der Waals surface area contributed by atoms with Gasteiger partial charge in [0, 0.05) is 10.3 Å². The van der Waals surface area contributed by atoms with E-state index in [4.69, 9.17) is 9.47 Å². The van der Waals surface area contributed by atoms with Gasteiger partial charge in [-0.1, -0.05) is 42.5 Å². The summed E-state index contributed by atoms with van der Waals surface area (Å²) in [6.07, 6.45) is 0. The maximum absolute atomic E-state index is 13.5. The zero-order chi connectivity index (χ0) is 23.8. The molecule has 6 nitrogen and oxygen atoms in total. The van der Waals surface area contributed by atoms with Gasteiger partial charge in [0.1, 0.15) is 23.3 Å². The summed E-state index contributed by atoms with van der Waals surface area (Å²) in [4.78, 5) is 29.1. The number of aliphatic hydroxyl groups excluding tert-OH is 1. The van der Waals surface area contributed by atoms with Gasteiger partial charge in [-0.25, -0.2) is 0 Å². The number of carbonyl (C=O) groups is 2. The van der Waals surface area contributed by atoms with E-state index >= 15 is 0 Å². The van der Waals surface area contributed by atoms with E-state index in [1.807, 2.05) is 60.0 Å². The zero-order valence-corrected chi connectivity index (χ0v) is 19.3. The summed E-state index contributed by atoms with van der Waals surface area (Å²) >= 11 is 1.41. The van der Waals surface area contributed by atoms with E-state index < -0.39 is 17.7 Å². The SMILES string of the molecule is COc1ccc(OC)c(/C(O)=C2/C(=O)C(=O)N(c3cccc4ccccc34)C2c2cccs2)c1. The van der Waals surface area contributed by atoms with Gasteiger partial charge in [0.2, 0.25) is 0 Å². The molecule has 1 aromatic heterocycles.